The number of hydrogen-bond donors (Lipinski definition) is 0. The predicted molar refractivity (Wildman–Crippen MR) is 99.0 cm³/mol. The summed E-state index contributed by atoms with van der Waals surface area (Å²) in [4.78, 5) is 0. The van der Waals surface area contributed by atoms with Gasteiger partial charge in [0.05, 0.1) is 7.11 Å². The Labute approximate surface area is 146 Å². The molecule has 0 saturated heterocycles. The highest BCUT2D eigenvalue weighted by Crippen LogP contribution is 2.38. The fraction of sp³-hybridized carbons (Fsp3) is 0.684. The normalized spacial score (nSPS) is 13.2. The quantitative estimate of drug-likeness (QED) is 0.440. The standard InChI is InChI=1S/C19H30Cl2O/c1-5-15(2)17-14-16(8-9-18(17)22-4)19(3,10-6-12-20)11-7-13-21/h8-9,14-15H,5-7,10-13H2,1-4H3. The number of benzene rings is 1. The molecule has 0 amide bonds. The smallest absolute Gasteiger partial charge is 0.122 e. The number of ether oxygens (including phenoxy) is 1. The number of rotatable bonds is 10. The van der Waals surface area contributed by atoms with Crippen LogP contribution in [0.4, 0.5) is 0 Å². The Bertz CT molecular complexity index is 437. The van der Waals surface area contributed by atoms with Crippen LogP contribution in [0.3, 0.4) is 0 Å². The fourth-order valence-corrected chi connectivity index (χ4v) is 3.31. The average Bonchev–Trinajstić information content (AvgIpc) is 2.56. The first-order chi connectivity index (χ1) is 10.5. The molecule has 0 fully saturated rings. The zero-order chi connectivity index (χ0) is 16.6. The fourth-order valence-electron chi connectivity index (χ4n) is 3.04. The van der Waals surface area contributed by atoms with Crippen molar-refractivity contribution in [1.82, 2.24) is 0 Å². The van der Waals surface area contributed by atoms with Gasteiger partial charge >= 0.3 is 0 Å². The minimum absolute atomic E-state index is 0.137. The number of alkyl halides is 2. The summed E-state index contributed by atoms with van der Waals surface area (Å²) >= 11 is 11.9. The van der Waals surface area contributed by atoms with Crippen molar-refractivity contribution in [3.05, 3.63) is 29.3 Å². The molecule has 0 N–H and O–H groups in total. The molecule has 1 aromatic carbocycles. The van der Waals surface area contributed by atoms with Gasteiger partial charge in [-0.3, -0.25) is 0 Å². The van der Waals surface area contributed by atoms with E-state index in [0.717, 1.165) is 37.9 Å². The zero-order valence-corrected chi connectivity index (χ0v) is 15.9. The summed E-state index contributed by atoms with van der Waals surface area (Å²) < 4.78 is 5.56. The van der Waals surface area contributed by atoms with E-state index in [1.165, 1.54) is 11.1 Å². The van der Waals surface area contributed by atoms with Crippen molar-refractivity contribution in [2.75, 3.05) is 18.9 Å². The van der Waals surface area contributed by atoms with Crippen LogP contribution < -0.4 is 4.74 Å². The molecule has 1 unspecified atom stereocenters. The van der Waals surface area contributed by atoms with Gasteiger partial charge in [0.15, 0.2) is 0 Å². The van der Waals surface area contributed by atoms with Crippen LogP contribution in [0.2, 0.25) is 0 Å². The molecule has 1 atom stereocenters. The molecule has 22 heavy (non-hydrogen) atoms. The van der Waals surface area contributed by atoms with Crippen molar-refractivity contribution < 1.29 is 4.74 Å². The van der Waals surface area contributed by atoms with Gasteiger partial charge in [-0.05, 0) is 60.6 Å². The molecule has 1 rings (SSSR count). The minimum Gasteiger partial charge on any atom is -0.496 e. The van der Waals surface area contributed by atoms with Crippen molar-refractivity contribution in [3.63, 3.8) is 0 Å². The monoisotopic (exact) mass is 344 g/mol. The largest absolute Gasteiger partial charge is 0.496 e. The van der Waals surface area contributed by atoms with E-state index in [1.807, 2.05) is 0 Å². The SMILES string of the molecule is CCC(C)c1cc(C(C)(CCCCl)CCCCl)ccc1OC. The lowest BCUT2D eigenvalue weighted by Gasteiger charge is -2.31. The molecule has 1 nitrogen and oxygen atoms in total. The van der Waals surface area contributed by atoms with E-state index in [4.69, 9.17) is 27.9 Å². The third-order valence-electron chi connectivity index (χ3n) is 4.79. The van der Waals surface area contributed by atoms with Crippen molar-refractivity contribution in [2.24, 2.45) is 0 Å². The Morgan fingerprint density at radius 1 is 1.14 bits per heavy atom. The highest BCUT2D eigenvalue weighted by molar-refractivity contribution is 6.18. The second-order valence-corrected chi connectivity index (χ2v) is 7.17. The van der Waals surface area contributed by atoms with E-state index in [2.05, 4.69) is 39.0 Å². The van der Waals surface area contributed by atoms with Gasteiger partial charge in [0.25, 0.3) is 0 Å². The van der Waals surface area contributed by atoms with E-state index in [0.29, 0.717) is 17.7 Å². The van der Waals surface area contributed by atoms with E-state index < -0.39 is 0 Å². The molecular formula is C19H30Cl2O. The van der Waals surface area contributed by atoms with Gasteiger partial charge in [0.2, 0.25) is 0 Å². The van der Waals surface area contributed by atoms with Crippen LogP contribution in [0, 0.1) is 0 Å². The first kappa shape index (κ1) is 19.6. The average molecular weight is 345 g/mol. The maximum atomic E-state index is 5.93. The van der Waals surface area contributed by atoms with E-state index in [9.17, 15) is 0 Å². The van der Waals surface area contributed by atoms with Crippen LogP contribution in [-0.4, -0.2) is 18.9 Å². The van der Waals surface area contributed by atoms with Crippen LogP contribution in [0.15, 0.2) is 18.2 Å². The molecule has 0 aliphatic rings. The Kier molecular flexibility index (Phi) is 8.64. The van der Waals surface area contributed by atoms with E-state index in [-0.39, 0.29) is 5.41 Å². The van der Waals surface area contributed by atoms with Crippen LogP contribution >= 0.6 is 23.2 Å². The molecule has 126 valence electrons. The molecule has 0 saturated carbocycles. The lowest BCUT2D eigenvalue weighted by Crippen LogP contribution is -2.23. The Morgan fingerprint density at radius 3 is 2.18 bits per heavy atom. The first-order valence-corrected chi connectivity index (χ1v) is 9.39. The van der Waals surface area contributed by atoms with Gasteiger partial charge in [-0.1, -0.05) is 32.9 Å². The van der Waals surface area contributed by atoms with Gasteiger partial charge in [-0.2, -0.15) is 0 Å². The summed E-state index contributed by atoms with van der Waals surface area (Å²) in [6, 6.07) is 6.68. The molecule has 0 aliphatic carbocycles. The number of methoxy groups -OCH3 is 1. The molecule has 0 spiro atoms. The summed E-state index contributed by atoms with van der Waals surface area (Å²) in [5.41, 5.74) is 2.84. The molecule has 3 heteroatoms. The summed E-state index contributed by atoms with van der Waals surface area (Å²) in [5, 5.41) is 0. The van der Waals surface area contributed by atoms with Crippen LogP contribution in [0.1, 0.15) is 69.9 Å². The molecule has 1 aromatic rings. The number of halogens is 2. The third-order valence-corrected chi connectivity index (χ3v) is 5.33. The summed E-state index contributed by atoms with van der Waals surface area (Å²) in [5.74, 6) is 2.92. The topological polar surface area (TPSA) is 9.23 Å². The van der Waals surface area contributed by atoms with Gasteiger partial charge < -0.3 is 4.74 Å². The Balaban J connectivity index is 3.18. The van der Waals surface area contributed by atoms with Gasteiger partial charge in [-0.25, -0.2) is 0 Å². The maximum Gasteiger partial charge on any atom is 0.122 e. The second-order valence-electron chi connectivity index (χ2n) is 6.41. The van der Waals surface area contributed by atoms with Crippen LogP contribution in [0.25, 0.3) is 0 Å². The summed E-state index contributed by atoms with van der Waals surface area (Å²) in [6.07, 6.45) is 5.37. The lowest BCUT2D eigenvalue weighted by molar-refractivity contribution is 0.387. The third kappa shape index (κ3) is 5.06. The molecule has 0 heterocycles. The Hall–Kier alpha value is -0.400. The predicted octanol–water partition coefficient (Wildman–Crippen LogP) is 6.50. The lowest BCUT2D eigenvalue weighted by atomic mass is 9.74. The maximum absolute atomic E-state index is 5.93. The van der Waals surface area contributed by atoms with Gasteiger partial charge in [0, 0.05) is 11.8 Å². The highest BCUT2D eigenvalue weighted by atomic mass is 35.5. The molecule has 0 bridgehead atoms. The van der Waals surface area contributed by atoms with Crippen molar-refractivity contribution in [3.8, 4) is 5.75 Å². The van der Waals surface area contributed by atoms with Crippen LogP contribution in [0.5, 0.6) is 5.75 Å². The zero-order valence-electron chi connectivity index (χ0n) is 14.4. The van der Waals surface area contributed by atoms with Gasteiger partial charge in [-0.15, -0.1) is 23.2 Å². The highest BCUT2D eigenvalue weighted by Gasteiger charge is 2.27. The molecular weight excluding hydrogens is 315 g/mol. The number of hydrogen-bond acceptors (Lipinski definition) is 1. The van der Waals surface area contributed by atoms with Crippen molar-refractivity contribution in [1.29, 1.82) is 0 Å². The molecule has 0 aliphatic heterocycles. The second kappa shape index (κ2) is 9.67. The van der Waals surface area contributed by atoms with Crippen LogP contribution in [-0.2, 0) is 5.41 Å². The first-order valence-electron chi connectivity index (χ1n) is 8.32. The van der Waals surface area contributed by atoms with Crippen molar-refractivity contribution >= 4 is 23.2 Å². The Morgan fingerprint density at radius 2 is 1.73 bits per heavy atom. The van der Waals surface area contributed by atoms with E-state index in [1.54, 1.807) is 7.11 Å². The summed E-state index contributed by atoms with van der Waals surface area (Å²) in [7, 11) is 1.75. The van der Waals surface area contributed by atoms with Gasteiger partial charge in [0.1, 0.15) is 5.75 Å². The molecule has 0 radical (unpaired) electrons. The molecule has 0 aromatic heterocycles. The van der Waals surface area contributed by atoms with E-state index >= 15 is 0 Å². The summed E-state index contributed by atoms with van der Waals surface area (Å²) in [6.45, 7) is 6.82. The van der Waals surface area contributed by atoms with Crippen molar-refractivity contribution in [2.45, 2.75) is 64.2 Å². The minimum atomic E-state index is 0.137.